The molecule has 1 aliphatic heterocycles. The third-order valence-electron chi connectivity index (χ3n) is 6.99. The smallest absolute Gasteiger partial charge is 0.395 e. The lowest BCUT2D eigenvalue weighted by molar-refractivity contribution is -0.286. The molecule has 2 aliphatic rings. The molecule has 2 heterocycles. The zero-order chi connectivity index (χ0) is 25.9. The molecule has 1 saturated carbocycles. The van der Waals surface area contributed by atoms with E-state index in [0.717, 1.165) is 16.6 Å². The van der Waals surface area contributed by atoms with Gasteiger partial charge in [0.1, 0.15) is 0 Å². The molecule has 0 spiro atoms. The Balaban J connectivity index is 0.00000320. The molecule has 1 fully saturated rings. The Bertz CT molecular complexity index is 1340. The fourth-order valence-electron chi connectivity index (χ4n) is 4.72. The number of carbonyl (C=O) groups excluding carboxylic acids is 1. The average molecular weight is 505 g/mol. The molecule has 0 unspecified atom stereocenters. The van der Waals surface area contributed by atoms with Crippen LogP contribution in [-0.2, 0) is 22.2 Å². The van der Waals surface area contributed by atoms with Gasteiger partial charge in [0.15, 0.2) is 11.5 Å². The number of amides is 1. The van der Waals surface area contributed by atoms with Gasteiger partial charge in [0.25, 0.3) is 0 Å². The molecule has 0 bridgehead atoms. The van der Waals surface area contributed by atoms with Crippen LogP contribution in [0.4, 0.5) is 14.5 Å². The maximum Gasteiger partial charge on any atom is 0.586 e. The van der Waals surface area contributed by atoms with Crippen molar-refractivity contribution in [3.05, 3.63) is 53.7 Å². The second kappa shape index (κ2) is 8.43. The number of fused-ring (bicyclic) bond motifs is 2. The molecule has 36 heavy (non-hydrogen) atoms. The molecule has 1 aromatic heterocycles. The predicted molar refractivity (Wildman–Crippen MR) is 129 cm³/mol. The van der Waals surface area contributed by atoms with E-state index in [2.05, 4.69) is 14.8 Å². The fourth-order valence-corrected chi connectivity index (χ4v) is 4.72. The lowest BCUT2D eigenvalue weighted by atomic mass is 9.90. The number of carbonyl (C=O) groups is 1. The topological polar surface area (TPSA) is 113 Å². The molecule has 0 saturated heterocycles. The third-order valence-corrected chi connectivity index (χ3v) is 6.99. The largest absolute Gasteiger partial charge is 0.586 e. The first-order valence-electron chi connectivity index (χ1n) is 11.7. The molecule has 0 radical (unpaired) electrons. The number of anilines is 1. The van der Waals surface area contributed by atoms with Gasteiger partial charge in [0, 0.05) is 29.1 Å². The standard InChI is InChI=1S/C26H28F2N2O6.H2/c1-24(2,14-32)22-10-15-9-17(4-5-19(15)30(22)12-18(33)13-31)29-23(34)25(7-8-25)16-3-6-20-21(11-16)36-26(27,28)35-20;/h3-6,9-11,18,31-33H,7-8,12-14H2,1-2H3,(H,29,34);1H/t18-;/m1./s1. The van der Waals surface area contributed by atoms with E-state index in [4.69, 9.17) is 0 Å². The maximum absolute atomic E-state index is 13.4. The summed E-state index contributed by atoms with van der Waals surface area (Å²) < 4.78 is 37.7. The van der Waals surface area contributed by atoms with Gasteiger partial charge in [0.2, 0.25) is 5.91 Å². The molecule has 5 rings (SSSR count). The SMILES string of the molecule is CC(C)(CO)c1cc2cc(NC(=O)C3(c4ccc5c(c4)OC(F)(F)O5)CC3)ccc2n1C[C@@H](O)CO.[HH]. The van der Waals surface area contributed by atoms with Crippen LogP contribution in [-0.4, -0.2) is 51.4 Å². The van der Waals surface area contributed by atoms with Crippen molar-refractivity contribution in [3.63, 3.8) is 0 Å². The first kappa shape index (κ1) is 24.5. The quantitative estimate of drug-likeness (QED) is 0.374. The summed E-state index contributed by atoms with van der Waals surface area (Å²) in [5, 5.41) is 33.1. The van der Waals surface area contributed by atoms with Crippen LogP contribution >= 0.6 is 0 Å². The van der Waals surface area contributed by atoms with Gasteiger partial charge < -0.3 is 34.7 Å². The third kappa shape index (κ3) is 4.19. The second-order valence-corrected chi connectivity index (χ2v) is 10.2. The molecule has 1 aliphatic carbocycles. The van der Waals surface area contributed by atoms with Crippen molar-refractivity contribution in [2.75, 3.05) is 18.5 Å². The number of alkyl halides is 2. The normalized spacial score (nSPS) is 18.3. The zero-order valence-electron chi connectivity index (χ0n) is 19.9. The summed E-state index contributed by atoms with van der Waals surface area (Å²) in [4.78, 5) is 13.3. The van der Waals surface area contributed by atoms with Gasteiger partial charge in [-0.15, -0.1) is 8.78 Å². The summed E-state index contributed by atoms with van der Waals surface area (Å²) in [7, 11) is 0. The number of aliphatic hydroxyl groups excluding tert-OH is 3. The molecule has 1 atom stereocenters. The highest BCUT2D eigenvalue weighted by molar-refractivity contribution is 6.02. The molecule has 4 N–H and O–H groups in total. The minimum atomic E-state index is -3.72. The molecule has 1 amide bonds. The van der Waals surface area contributed by atoms with Crippen molar-refractivity contribution < 1.29 is 39.8 Å². The van der Waals surface area contributed by atoms with Gasteiger partial charge in [-0.3, -0.25) is 4.79 Å². The molecular formula is C26H30F2N2O6. The Hall–Kier alpha value is -3.21. The van der Waals surface area contributed by atoms with Crippen LogP contribution in [0.5, 0.6) is 11.5 Å². The van der Waals surface area contributed by atoms with E-state index in [9.17, 15) is 28.9 Å². The lowest BCUT2D eigenvalue weighted by Gasteiger charge is -2.25. The number of hydrogen-bond acceptors (Lipinski definition) is 6. The number of rotatable bonds is 8. The number of nitrogens with one attached hydrogen (secondary N) is 1. The van der Waals surface area contributed by atoms with E-state index < -0.39 is 29.8 Å². The van der Waals surface area contributed by atoms with Gasteiger partial charge >= 0.3 is 6.29 Å². The Morgan fingerprint density at radius 2 is 1.86 bits per heavy atom. The zero-order valence-corrected chi connectivity index (χ0v) is 19.9. The van der Waals surface area contributed by atoms with E-state index in [0.29, 0.717) is 24.1 Å². The summed E-state index contributed by atoms with van der Waals surface area (Å²) in [6, 6.07) is 11.7. The molecule has 2 aromatic carbocycles. The summed E-state index contributed by atoms with van der Waals surface area (Å²) in [6.45, 7) is 3.39. The van der Waals surface area contributed by atoms with Crippen molar-refractivity contribution in [1.82, 2.24) is 4.57 Å². The predicted octanol–water partition coefficient (Wildman–Crippen LogP) is 3.50. The fraction of sp³-hybridized carbons (Fsp3) is 0.423. The van der Waals surface area contributed by atoms with E-state index >= 15 is 0 Å². The van der Waals surface area contributed by atoms with Gasteiger partial charge in [-0.25, -0.2) is 0 Å². The van der Waals surface area contributed by atoms with Crippen molar-refractivity contribution in [2.45, 2.75) is 56.5 Å². The van der Waals surface area contributed by atoms with Crippen LogP contribution in [0.2, 0.25) is 0 Å². The highest BCUT2D eigenvalue weighted by Crippen LogP contribution is 2.52. The van der Waals surface area contributed by atoms with Crippen molar-refractivity contribution in [1.29, 1.82) is 0 Å². The Morgan fingerprint density at radius 1 is 1.14 bits per heavy atom. The Labute approximate surface area is 207 Å². The van der Waals surface area contributed by atoms with E-state index in [1.807, 2.05) is 36.6 Å². The minimum absolute atomic E-state index is 0. The summed E-state index contributed by atoms with van der Waals surface area (Å²) in [5.74, 6) is -0.412. The first-order chi connectivity index (χ1) is 17.0. The van der Waals surface area contributed by atoms with Gasteiger partial charge in [-0.1, -0.05) is 19.9 Å². The van der Waals surface area contributed by atoms with Crippen molar-refractivity contribution >= 4 is 22.5 Å². The number of aromatic nitrogens is 1. The number of nitrogens with zero attached hydrogens (tertiary/aromatic N) is 1. The van der Waals surface area contributed by atoms with Gasteiger partial charge in [-0.2, -0.15) is 0 Å². The number of hydrogen-bond donors (Lipinski definition) is 4. The van der Waals surface area contributed by atoms with Crippen molar-refractivity contribution in [3.8, 4) is 11.5 Å². The summed E-state index contributed by atoms with van der Waals surface area (Å²) >= 11 is 0. The first-order valence-corrected chi connectivity index (χ1v) is 11.7. The summed E-state index contributed by atoms with van der Waals surface area (Å²) in [5.41, 5.74) is 1.26. The molecule has 194 valence electrons. The van der Waals surface area contributed by atoms with Crippen molar-refractivity contribution in [2.24, 2.45) is 0 Å². The van der Waals surface area contributed by atoms with Crippen LogP contribution < -0.4 is 14.8 Å². The number of aliphatic hydroxyl groups is 3. The van der Waals surface area contributed by atoms with Crippen LogP contribution in [0, 0.1) is 0 Å². The Kier molecular flexibility index (Phi) is 5.73. The minimum Gasteiger partial charge on any atom is -0.395 e. The van der Waals surface area contributed by atoms with Crippen LogP contribution in [0.25, 0.3) is 10.9 Å². The van der Waals surface area contributed by atoms with E-state index in [1.54, 1.807) is 12.1 Å². The highest BCUT2D eigenvalue weighted by Gasteiger charge is 2.52. The monoisotopic (exact) mass is 504 g/mol. The van der Waals surface area contributed by atoms with E-state index in [1.165, 1.54) is 12.1 Å². The highest BCUT2D eigenvalue weighted by atomic mass is 19.3. The van der Waals surface area contributed by atoms with Crippen LogP contribution in [0.15, 0.2) is 42.5 Å². The van der Waals surface area contributed by atoms with E-state index in [-0.39, 0.29) is 32.0 Å². The van der Waals surface area contributed by atoms with Crippen LogP contribution in [0.3, 0.4) is 0 Å². The average Bonchev–Trinajstić information content (AvgIpc) is 3.48. The Morgan fingerprint density at radius 3 is 2.53 bits per heavy atom. The van der Waals surface area contributed by atoms with Crippen LogP contribution in [0.1, 0.15) is 39.4 Å². The van der Waals surface area contributed by atoms with Gasteiger partial charge in [0.05, 0.1) is 31.3 Å². The number of ether oxygens (including phenoxy) is 2. The molecule has 10 heteroatoms. The number of benzene rings is 2. The number of halogens is 2. The maximum atomic E-state index is 13.4. The molecule has 8 nitrogen and oxygen atoms in total. The van der Waals surface area contributed by atoms with Gasteiger partial charge in [-0.05, 0) is 54.8 Å². The molecular weight excluding hydrogens is 474 g/mol. The summed E-state index contributed by atoms with van der Waals surface area (Å²) in [6.07, 6.45) is -3.55. The lowest BCUT2D eigenvalue weighted by Crippen LogP contribution is -2.29. The second-order valence-electron chi connectivity index (χ2n) is 10.2. The molecule has 3 aromatic rings.